The molecule has 16 heteroatoms. The Hall–Kier alpha value is -1.43. The molecule has 0 aromatic rings. The highest BCUT2D eigenvalue weighted by atomic mass is 32.2. The van der Waals surface area contributed by atoms with Gasteiger partial charge in [-0.15, -0.1) is 0 Å². The van der Waals surface area contributed by atoms with E-state index in [-0.39, 0.29) is 36.2 Å². The van der Waals surface area contributed by atoms with Crippen molar-refractivity contribution < 1.29 is 69.4 Å². The number of rotatable bonds is 5. The van der Waals surface area contributed by atoms with Crippen LogP contribution < -0.4 is 0 Å². The first-order valence-electron chi connectivity index (χ1n) is 16.8. The molecule has 6 heterocycles. The SMILES string of the molecule is C[C@@H]1CC[C@H]2C(CS(=O)CC3=C(C(F)(F)F)O[C@@H]4O[C@@]5(C)CCC6[C@H](C)CC[C@@H]3[C@]64OO5)=C(C(F)(F)F)O[C@@H]3O[C@@H](C)CCC1C32OO. The number of hydrogen-bond donors (Lipinski definition) is 1. The number of alkyl halides is 6. The highest BCUT2D eigenvalue weighted by molar-refractivity contribution is 7.85. The first-order valence-corrected chi connectivity index (χ1v) is 18.2. The molecule has 2 aliphatic carbocycles. The normalized spacial score (nSPS) is 46.5. The summed E-state index contributed by atoms with van der Waals surface area (Å²) in [5.41, 5.74) is -3.94. The van der Waals surface area contributed by atoms with Crippen LogP contribution in [0.25, 0.3) is 0 Å². The van der Waals surface area contributed by atoms with Gasteiger partial charge in [-0.1, -0.05) is 13.8 Å². The van der Waals surface area contributed by atoms with Crippen molar-refractivity contribution in [3.8, 4) is 0 Å². The third-order valence-corrected chi connectivity index (χ3v) is 13.5. The molecule has 6 aliphatic heterocycles. The minimum absolute atomic E-state index is 0.0202. The van der Waals surface area contributed by atoms with Crippen LogP contribution in [0.4, 0.5) is 26.3 Å². The summed E-state index contributed by atoms with van der Waals surface area (Å²) in [6, 6.07) is 0. The standard InChI is InChI=1S/C32H42F6O9S/c1-15-5-8-22-18(24(31(33,34)35)42-26-29(22,45-39)20(15)10-7-17(3)41-26)13-48(40)14-19-23-9-6-16(2)21-11-12-28(4)44-27(30(21,23)47-46-28)43-25(19)32(36,37)38/h15-17,20-23,26-27,39H,5-14H2,1-4H3/t15-,16-,17+,20?,21?,22+,23+,26+,27-,28-,29?,30-,48?/m1/s1. The fourth-order valence-corrected chi connectivity index (χ4v) is 11.5. The summed E-state index contributed by atoms with van der Waals surface area (Å²) < 4.78 is 125. The second kappa shape index (κ2) is 11.8. The topological polar surface area (TPSA) is 102 Å². The molecule has 1 spiro atoms. The summed E-state index contributed by atoms with van der Waals surface area (Å²) in [7, 11) is -2.33. The zero-order chi connectivity index (χ0) is 34.6. The van der Waals surface area contributed by atoms with E-state index in [1.807, 2.05) is 13.8 Å². The van der Waals surface area contributed by atoms with Gasteiger partial charge in [-0.3, -0.25) is 9.47 Å². The molecule has 0 radical (unpaired) electrons. The molecule has 272 valence electrons. The summed E-state index contributed by atoms with van der Waals surface area (Å²) >= 11 is 0. The van der Waals surface area contributed by atoms with Crippen molar-refractivity contribution in [3.05, 3.63) is 22.7 Å². The predicted molar refractivity (Wildman–Crippen MR) is 154 cm³/mol. The van der Waals surface area contributed by atoms with E-state index in [9.17, 15) is 35.8 Å². The lowest BCUT2D eigenvalue weighted by atomic mass is 9.59. The molecule has 4 unspecified atom stereocenters. The van der Waals surface area contributed by atoms with E-state index >= 15 is 0 Å². The van der Waals surface area contributed by atoms with Crippen molar-refractivity contribution in [1.29, 1.82) is 0 Å². The fraction of sp³-hybridized carbons (Fsp3) is 0.875. The summed E-state index contributed by atoms with van der Waals surface area (Å²) in [6.45, 7) is 7.18. The van der Waals surface area contributed by atoms with Gasteiger partial charge in [-0.25, -0.2) is 14.7 Å². The Morgan fingerprint density at radius 2 is 1.38 bits per heavy atom. The second-order valence-electron chi connectivity index (χ2n) is 15.0. The highest BCUT2D eigenvalue weighted by Crippen LogP contribution is 2.62. The van der Waals surface area contributed by atoms with Gasteiger partial charge in [0.1, 0.15) is 0 Å². The van der Waals surface area contributed by atoms with Crippen molar-refractivity contribution in [2.24, 2.45) is 35.5 Å². The molecule has 9 nitrogen and oxygen atoms in total. The third kappa shape index (κ3) is 5.28. The maximum atomic E-state index is 14.7. The first kappa shape index (κ1) is 35.0. The van der Waals surface area contributed by atoms with E-state index in [0.29, 0.717) is 38.5 Å². The van der Waals surface area contributed by atoms with Crippen molar-refractivity contribution in [3.63, 3.8) is 0 Å². The van der Waals surface area contributed by atoms with E-state index < -0.39 is 105 Å². The van der Waals surface area contributed by atoms with Crippen LogP contribution in [0, 0.1) is 35.5 Å². The van der Waals surface area contributed by atoms with Crippen LogP contribution in [0.1, 0.15) is 79.1 Å². The Bertz CT molecular complexity index is 1320. The zero-order valence-corrected chi connectivity index (χ0v) is 28.0. The fourth-order valence-electron chi connectivity index (χ4n) is 10.0. The van der Waals surface area contributed by atoms with E-state index in [0.717, 1.165) is 0 Å². The molecular formula is C32H42F6O9S. The number of ether oxygens (including phenoxy) is 4. The minimum atomic E-state index is -5.04. The van der Waals surface area contributed by atoms with Crippen molar-refractivity contribution in [2.75, 3.05) is 11.5 Å². The maximum Gasteiger partial charge on any atom is 0.449 e. The maximum absolute atomic E-state index is 14.7. The molecule has 1 N–H and O–H groups in total. The average molecular weight is 717 g/mol. The molecule has 4 saturated heterocycles. The Balaban J connectivity index is 1.28. The minimum Gasteiger partial charge on any atom is -0.456 e. The molecule has 2 bridgehead atoms. The van der Waals surface area contributed by atoms with E-state index in [2.05, 4.69) is 0 Å². The number of hydrogen-bond acceptors (Lipinski definition) is 9. The first-order chi connectivity index (χ1) is 22.4. The molecule has 0 aromatic heterocycles. The van der Waals surface area contributed by atoms with Crippen LogP contribution in [0.3, 0.4) is 0 Å². The smallest absolute Gasteiger partial charge is 0.449 e. The quantitative estimate of drug-likeness (QED) is 0.182. The van der Waals surface area contributed by atoms with E-state index in [1.165, 1.54) is 0 Å². The van der Waals surface area contributed by atoms with Crippen LogP contribution in [0.15, 0.2) is 22.7 Å². The molecule has 13 atom stereocenters. The lowest BCUT2D eigenvalue weighted by Crippen LogP contribution is -2.67. The van der Waals surface area contributed by atoms with Crippen LogP contribution in [0.2, 0.25) is 0 Å². The molecule has 8 rings (SSSR count). The van der Waals surface area contributed by atoms with Gasteiger partial charge in [-0.05, 0) is 81.8 Å². The predicted octanol–water partition coefficient (Wildman–Crippen LogP) is 7.06. The number of fused-ring (bicyclic) bond motifs is 2. The van der Waals surface area contributed by atoms with E-state index in [1.54, 1.807) is 13.8 Å². The molecule has 6 fully saturated rings. The average Bonchev–Trinajstić information content (AvgIpc) is 3.31. The van der Waals surface area contributed by atoms with Crippen LogP contribution >= 0.6 is 0 Å². The van der Waals surface area contributed by atoms with Crippen LogP contribution in [-0.2, 0) is 44.4 Å². The van der Waals surface area contributed by atoms with Gasteiger partial charge < -0.3 is 18.9 Å². The Kier molecular flexibility index (Phi) is 8.61. The number of halogens is 6. The Morgan fingerprint density at radius 3 is 2.00 bits per heavy atom. The second-order valence-corrected chi connectivity index (χ2v) is 16.5. The molecule has 0 aromatic carbocycles. The molecule has 48 heavy (non-hydrogen) atoms. The zero-order valence-electron chi connectivity index (χ0n) is 27.2. The van der Waals surface area contributed by atoms with Gasteiger partial charge in [0.15, 0.2) is 11.2 Å². The lowest BCUT2D eigenvalue weighted by molar-refractivity contribution is -0.557. The molecule has 0 amide bonds. The molecular weight excluding hydrogens is 674 g/mol. The third-order valence-electron chi connectivity index (χ3n) is 12.2. The van der Waals surface area contributed by atoms with Crippen molar-refractivity contribution in [1.82, 2.24) is 0 Å². The Labute approximate surface area is 276 Å². The van der Waals surface area contributed by atoms with Crippen molar-refractivity contribution in [2.45, 2.75) is 127 Å². The van der Waals surface area contributed by atoms with Gasteiger partial charge in [0.2, 0.25) is 29.9 Å². The van der Waals surface area contributed by atoms with Gasteiger partial charge in [0.25, 0.3) is 0 Å². The monoisotopic (exact) mass is 716 g/mol. The number of allylic oxidation sites excluding steroid dienone is 2. The highest BCUT2D eigenvalue weighted by Gasteiger charge is 2.71. The van der Waals surface area contributed by atoms with Gasteiger partial charge in [-0.2, -0.15) is 26.3 Å². The summed E-state index contributed by atoms with van der Waals surface area (Å²) in [5, 5.41) is 10.4. The van der Waals surface area contributed by atoms with Crippen LogP contribution in [0.5, 0.6) is 0 Å². The Morgan fingerprint density at radius 1 is 0.792 bits per heavy atom. The van der Waals surface area contributed by atoms with Crippen LogP contribution in [-0.4, -0.2) is 69.0 Å². The lowest BCUT2D eigenvalue weighted by Gasteiger charge is -2.57. The van der Waals surface area contributed by atoms with Gasteiger partial charge >= 0.3 is 12.4 Å². The summed E-state index contributed by atoms with van der Waals surface area (Å²) in [5.74, 6) is -8.50. The molecule has 8 aliphatic rings. The summed E-state index contributed by atoms with van der Waals surface area (Å²) in [4.78, 5) is 16.8. The molecule has 2 saturated carbocycles. The van der Waals surface area contributed by atoms with Gasteiger partial charge in [0, 0.05) is 52.4 Å². The van der Waals surface area contributed by atoms with Crippen molar-refractivity contribution >= 4 is 10.8 Å². The summed E-state index contributed by atoms with van der Waals surface area (Å²) in [6.07, 6.45) is -10.4. The van der Waals surface area contributed by atoms with Gasteiger partial charge in [0.05, 0.1) is 6.10 Å². The largest absolute Gasteiger partial charge is 0.456 e. The van der Waals surface area contributed by atoms with E-state index in [4.69, 9.17) is 33.6 Å².